The molecule has 0 atom stereocenters. The van der Waals surface area contributed by atoms with Gasteiger partial charge >= 0.3 is 0 Å². The summed E-state index contributed by atoms with van der Waals surface area (Å²) in [7, 11) is 0. The number of benzene rings is 7. The molecule has 9 rings (SSSR count). The largest absolute Gasteiger partial charge is 0.309 e. The van der Waals surface area contributed by atoms with Crippen LogP contribution in [0.3, 0.4) is 0 Å². The van der Waals surface area contributed by atoms with Gasteiger partial charge in [0.1, 0.15) is 12.1 Å². The second-order valence-electron chi connectivity index (χ2n) is 12.0. The van der Waals surface area contributed by atoms with Crippen LogP contribution in [0.25, 0.3) is 77.2 Å². The van der Waals surface area contributed by atoms with Gasteiger partial charge in [-0.2, -0.15) is 10.5 Å². The molecule has 7 aromatic carbocycles. The van der Waals surface area contributed by atoms with Gasteiger partial charge in [0.05, 0.1) is 44.6 Å². The lowest BCUT2D eigenvalue weighted by Crippen LogP contribution is -1.99. The van der Waals surface area contributed by atoms with E-state index in [-0.39, 0.29) is 0 Å². The quantitative estimate of drug-likeness (QED) is 0.199. The number of rotatable bonds is 4. The molecule has 0 N–H and O–H groups in total. The molecular weight excluding hydrogens is 585 g/mol. The van der Waals surface area contributed by atoms with E-state index in [9.17, 15) is 10.5 Å². The Labute approximate surface area is 277 Å². The monoisotopic (exact) mass is 610 g/mol. The Bertz CT molecular complexity index is 2760. The van der Waals surface area contributed by atoms with Crippen molar-refractivity contribution in [3.05, 3.63) is 169 Å². The van der Waals surface area contributed by atoms with Gasteiger partial charge in [-0.05, 0) is 65.2 Å². The van der Waals surface area contributed by atoms with Crippen LogP contribution >= 0.6 is 0 Å². The van der Waals surface area contributed by atoms with E-state index < -0.39 is 0 Å². The number of fused-ring (bicyclic) bond motifs is 6. The number of nitrogens with zero attached hydrogens (tertiary/aromatic N) is 4. The molecule has 0 bridgehead atoms. The first kappa shape index (κ1) is 27.4. The third-order valence-corrected chi connectivity index (χ3v) is 9.41. The number of hydrogen-bond acceptors (Lipinski definition) is 2. The predicted molar refractivity (Wildman–Crippen MR) is 195 cm³/mol. The van der Waals surface area contributed by atoms with Crippen molar-refractivity contribution in [1.82, 2.24) is 9.13 Å². The molecule has 0 aliphatic carbocycles. The summed E-state index contributed by atoms with van der Waals surface area (Å²) in [6.45, 7) is 0. The summed E-state index contributed by atoms with van der Waals surface area (Å²) in [6.07, 6.45) is 0. The van der Waals surface area contributed by atoms with Gasteiger partial charge in [0.25, 0.3) is 0 Å². The van der Waals surface area contributed by atoms with Crippen molar-refractivity contribution in [2.45, 2.75) is 0 Å². The Morgan fingerprint density at radius 3 is 1.62 bits per heavy atom. The Hall–Kier alpha value is -6.88. The average molecular weight is 611 g/mol. The standard InChI is InChI=1S/C44H26N4/c45-27-32-13-10-18-38-37-17-4-8-22-43(37)48(44(32)38)39-24-23-30(26-33(39)28-46)29-11-9-12-31(25-29)34-14-1-5-19-40(34)47-41-20-6-2-15-35(41)36-16-3-7-21-42(36)47/h1-26H. The SMILES string of the molecule is N#Cc1cc(-c2cccc(-c3ccccc3-n3c4ccccc4c4ccccc43)c2)ccc1-n1c2ccccc2c2cccc(C#N)c21. The second kappa shape index (κ2) is 10.9. The minimum Gasteiger partial charge on any atom is -0.309 e. The Morgan fingerprint density at radius 1 is 0.375 bits per heavy atom. The van der Waals surface area contributed by atoms with Crippen LogP contribution in [0, 0.1) is 22.7 Å². The van der Waals surface area contributed by atoms with Gasteiger partial charge in [0, 0.05) is 27.1 Å². The zero-order chi connectivity index (χ0) is 32.2. The molecule has 2 heterocycles. The predicted octanol–water partition coefficient (Wildman–Crippen LogP) is 11.0. The molecule has 0 amide bonds. The van der Waals surface area contributed by atoms with E-state index in [1.54, 1.807) is 0 Å². The number of aromatic nitrogens is 2. The van der Waals surface area contributed by atoms with Crippen LogP contribution in [0.5, 0.6) is 0 Å². The molecule has 0 spiro atoms. The third kappa shape index (κ3) is 4.07. The van der Waals surface area contributed by atoms with E-state index in [1.807, 2.05) is 48.5 Å². The molecule has 0 fully saturated rings. The van der Waals surface area contributed by atoms with Crippen molar-refractivity contribution in [3.63, 3.8) is 0 Å². The normalized spacial score (nSPS) is 11.3. The molecule has 0 saturated carbocycles. The summed E-state index contributed by atoms with van der Waals surface area (Å²) >= 11 is 0. The highest BCUT2D eigenvalue weighted by atomic mass is 15.0. The van der Waals surface area contributed by atoms with Gasteiger partial charge in [-0.15, -0.1) is 0 Å². The van der Waals surface area contributed by atoms with Crippen molar-refractivity contribution in [3.8, 4) is 45.8 Å². The smallest absolute Gasteiger partial charge is 0.101 e. The Kier molecular flexibility index (Phi) is 6.22. The van der Waals surface area contributed by atoms with E-state index in [0.717, 1.165) is 55.4 Å². The highest BCUT2D eigenvalue weighted by molar-refractivity contribution is 6.11. The molecule has 0 unspecified atom stereocenters. The zero-order valence-corrected chi connectivity index (χ0v) is 25.8. The lowest BCUT2D eigenvalue weighted by atomic mass is 9.96. The minimum absolute atomic E-state index is 0.541. The van der Waals surface area contributed by atoms with Crippen LogP contribution in [0.15, 0.2) is 158 Å². The van der Waals surface area contributed by atoms with Crippen LogP contribution in [-0.2, 0) is 0 Å². The molecule has 0 aliphatic heterocycles. The fourth-order valence-electron chi connectivity index (χ4n) is 7.32. The first-order chi connectivity index (χ1) is 23.7. The lowest BCUT2D eigenvalue weighted by molar-refractivity contribution is 1.16. The first-order valence-corrected chi connectivity index (χ1v) is 15.9. The maximum absolute atomic E-state index is 10.5. The van der Waals surface area contributed by atoms with Crippen molar-refractivity contribution < 1.29 is 0 Å². The van der Waals surface area contributed by atoms with Crippen LogP contribution in [-0.4, -0.2) is 9.13 Å². The van der Waals surface area contributed by atoms with E-state index in [0.29, 0.717) is 11.1 Å². The van der Waals surface area contributed by atoms with Crippen molar-refractivity contribution in [1.29, 1.82) is 10.5 Å². The van der Waals surface area contributed by atoms with Crippen molar-refractivity contribution in [2.24, 2.45) is 0 Å². The molecule has 4 heteroatoms. The molecule has 2 aromatic heterocycles. The van der Waals surface area contributed by atoms with E-state index >= 15 is 0 Å². The van der Waals surface area contributed by atoms with Crippen LogP contribution < -0.4 is 0 Å². The molecule has 9 aromatic rings. The molecule has 0 saturated heterocycles. The summed E-state index contributed by atoms with van der Waals surface area (Å²) in [5, 5.41) is 25.0. The summed E-state index contributed by atoms with van der Waals surface area (Å²) in [6, 6.07) is 59.0. The molecular formula is C44H26N4. The van der Waals surface area contributed by atoms with Crippen molar-refractivity contribution in [2.75, 3.05) is 0 Å². The molecule has 0 aliphatic rings. The lowest BCUT2D eigenvalue weighted by Gasteiger charge is -2.15. The van der Waals surface area contributed by atoms with E-state index in [1.165, 1.54) is 21.8 Å². The maximum atomic E-state index is 10.5. The van der Waals surface area contributed by atoms with Gasteiger partial charge in [-0.1, -0.05) is 109 Å². The van der Waals surface area contributed by atoms with Gasteiger partial charge in [0.2, 0.25) is 0 Å². The minimum atomic E-state index is 0.541. The highest BCUT2D eigenvalue weighted by Crippen LogP contribution is 2.39. The molecule has 0 radical (unpaired) electrons. The fraction of sp³-hybridized carbons (Fsp3) is 0. The summed E-state index contributed by atoms with van der Waals surface area (Å²) < 4.78 is 4.42. The number of para-hydroxylation sites is 5. The second-order valence-corrected chi connectivity index (χ2v) is 12.0. The van der Waals surface area contributed by atoms with Crippen LogP contribution in [0.1, 0.15) is 11.1 Å². The Balaban J connectivity index is 1.20. The van der Waals surface area contributed by atoms with Crippen molar-refractivity contribution >= 4 is 43.6 Å². The Morgan fingerprint density at radius 2 is 0.917 bits per heavy atom. The summed E-state index contributed by atoms with van der Waals surface area (Å²) in [5.74, 6) is 0. The van der Waals surface area contributed by atoms with Gasteiger partial charge in [0.15, 0.2) is 0 Å². The van der Waals surface area contributed by atoms with Gasteiger partial charge in [-0.3, -0.25) is 0 Å². The van der Waals surface area contributed by atoms with E-state index in [4.69, 9.17) is 0 Å². The number of nitriles is 2. The molecule has 222 valence electrons. The topological polar surface area (TPSA) is 57.4 Å². The van der Waals surface area contributed by atoms with Gasteiger partial charge < -0.3 is 9.13 Å². The molecule has 48 heavy (non-hydrogen) atoms. The summed E-state index contributed by atoms with van der Waals surface area (Å²) in [4.78, 5) is 0. The highest BCUT2D eigenvalue weighted by Gasteiger charge is 2.19. The first-order valence-electron chi connectivity index (χ1n) is 15.9. The van der Waals surface area contributed by atoms with E-state index in [2.05, 4.69) is 130 Å². The number of hydrogen-bond donors (Lipinski definition) is 0. The fourth-order valence-corrected chi connectivity index (χ4v) is 7.32. The zero-order valence-electron chi connectivity index (χ0n) is 25.8. The third-order valence-electron chi connectivity index (χ3n) is 9.41. The molecule has 4 nitrogen and oxygen atoms in total. The van der Waals surface area contributed by atoms with Crippen LogP contribution in [0.4, 0.5) is 0 Å². The summed E-state index contributed by atoms with van der Waals surface area (Å²) in [5.41, 5.74) is 11.3. The average Bonchev–Trinajstić information content (AvgIpc) is 3.68. The van der Waals surface area contributed by atoms with Crippen LogP contribution in [0.2, 0.25) is 0 Å². The maximum Gasteiger partial charge on any atom is 0.101 e. The van der Waals surface area contributed by atoms with Gasteiger partial charge in [-0.25, -0.2) is 0 Å².